The van der Waals surface area contributed by atoms with Crippen molar-refractivity contribution in [3.63, 3.8) is 0 Å². The number of hydrogen-bond donors (Lipinski definition) is 0. The van der Waals surface area contributed by atoms with Crippen LogP contribution in [0.3, 0.4) is 0 Å². The van der Waals surface area contributed by atoms with E-state index in [-0.39, 0.29) is 0 Å². The third-order valence-electron chi connectivity index (χ3n) is 2.34. The molecule has 6 heteroatoms. The highest BCUT2D eigenvalue weighted by Gasteiger charge is 2.04. The second kappa shape index (κ2) is 7.12. The van der Waals surface area contributed by atoms with Crippen molar-refractivity contribution in [1.82, 2.24) is 9.36 Å². The zero-order valence-electron chi connectivity index (χ0n) is 10.5. The van der Waals surface area contributed by atoms with Crippen molar-refractivity contribution >= 4 is 23.3 Å². The first-order valence-electron chi connectivity index (χ1n) is 5.90. The van der Waals surface area contributed by atoms with Gasteiger partial charge in [0.1, 0.15) is 17.6 Å². The van der Waals surface area contributed by atoms with E-state index in [0.29, 0.717) is 17.9 Å². The fourth-order valence-corrected chi connectivity index (χ4v) is 2.99. The molecule has 19 heavy (non-hydrogen) atoms. The number of nitrogens with zero attached hydrogens (tertiary/aromatic N) is 3. The van der Waals surface area contributed by atoms with Crippen LogP contribution in [0.25, 0.3) is 0 Å². The van der Waals surface area contributed by atoms with E-state index in [2.05, 4.69) is 15.4 Å². The van der Waals surface area contributed by atoms with Gasteiger partial charge < -0.3 is 4.74 Å². The minimum Gasteiger partial charge on any atom is -0.491 e. The maximum Gasteiger partial charge on any atom is 0.170 e. The number of rotatable bonds is 6. The van der Waals surface area contributed by atoms with Crippen LogP contribution in [0.1, 0.15) is 18.3 Å². The van der Waals surface area contributed by atoms with Gasteiger partial charge in [0.25, 0.3) is 0 Å². The summed E-state index contributed by atoms with van der Waals surface area (Å²) in [6.45, 7) is 2.59. The summed E-state index contributed by atoms with van der Waals surface area (Å²) in [6, 6.07) is 9.36. The fraction of sp³-hybridized carbons (Fsp3) is 0.308. The average Bonchev–Trinajstić information content (AvgIpc) is 2.92. The smallest absolute Gasteiger partial charge is 0.170 e. The number of para-hydroxylation sites is 1. The molecule has 1 heterocycles. The lowest BCUT2D eigenvalue weighted by molar-refractivity contribution is 0.343. The Morgan fingerprint density at radius 3 is 3.00 bits per heavy atom. The number of hydrogen-bond acceptors (Lipinski definition) is 6. The molecule has 1 aromatic heterocycles. The maximum absolute atomic E-state index is 8.93. The Bertz CT molecular complexity index is 577. The molecule has 2 rings (SSSR count). The summed E-state index contributed by atoms with van der Waals surface area (Å²) in [5.74, 6) is 2.32. The molecule has 4 nitrogen and oxygen atoms in total. The van der Waals surface area contributed by atoms with Gasteiger partial charge in [0.15, 0.2) is 4.34 Å². The summed E-state index contributed by atoms with van der Waals surface area (Å²) in [5.41, 5.74) is 0.566. The number of thioether (sulfide) groups is 1. The first-order chi connectivity index (χ1) is 9.33. The van der Waals surface area contributed by atoms with E-state index in [9.17, 15) is 0 Å². The van der Waals surface area contributed by atoms with Crippen LogP contribution in [-0.2, 0) is 6.42 Å². The molecule has 0 N–H and O–H groups in total. The van der Waals surface area contributed by atoms with Crippen LogP contribution in [0.15, 0.2) is 28.6 Å². The van der Waals surface area contributed by atoms with E-state index in [0.717, 1.165) is 22.3 Å². The van der Waals surface area contributed by atoms with Gasteiger partial charge in [0, 0.05) is 12.2 Å². The van der Waals surface area contributed by atoms with Crippen LogP contribution >= 0.6 is 23.3 Å². The van der Waals surface area contributed by atoms with Gasteiger partial charge >= 0.3 is 0 Å². The first kappa shape index (κ1) is 13.8. The van der Waals surface area contributed by atoms with Gasteiger partial charge in [-0.2, -0.15) is 9.64 Å². The molecule has 0 saturated heterocycles. The summed E-state index contributed by atoms with van der Waals surface area (Å²) < 4.78 is 10.8. The van der Waals surface area contributed by atoms with Crippen molar-refractivity contribution in [3.8, 4) is 11.8 Å². The Balaban J connectivity index is 1.79. The second-order valence-electron chi connectivity index (χ2n) is 3.63. The minimum absolute atomic E-state index is 0.546. The van der Waals surface area contributed by atoms with Crippen LogP contribution in [0.4, 0.5) is 0 Å². The molecular formula is C13H13N3OS2. The highest BCUT2D eigenvalue weighted by molar-refractivity contribution is 8.00. The number of ether oxygens (including phenoxy) is 1. The van der Waals surface area contributed by atoms with Crippen LogP contribution in [0.5, 0.6) is 5.75 Å². The van der Waals surface area contributed by atoms with Crippen LogP contribution in [-0.4, -0.2) is 21.7 Å². The molecule has 0 aliphatic rings. The zero-order valence-corrected chi connectivity index (χ0v) is 12.1. The first-order valence-corrected chi connectivity index (χ1v) is 7.66. The molecule has 0 atom stereocenters. The minimum atomic E-state index is 0.546. The lowest BCUT2D eigenvalue weighted by Gasteiger charge is -2.06. The molecule has 0 aliphatic carbocycles. The SMILES string of the molecule is CCc1nsc(SCCOc2ccccc2C#N)n1. The summed E-state index contributed by atoms with van der Waals surface area (Å²) >= 11 is 3.05. The van der Waals surface area contributed by atoms with Crippen LogP contribution < -0.4 is 4.74 Å². The number of aromatic nitrogens is 2. The van der Waals surface area contributed by atoms with Crippen molar-refractivity contribution in [2.45, 2.75) is 17.7 Å². The van der Waals surface area contributed by atoms with E-state index in [1.807, 2.05) is 25.1 Å². The largest absolute Gasteiger partial charge is 0.491 e. The topological polar surface area (TPSA) is 58.8 Å². The van der Waals surface area contributed by atoms with Gasteiger partial charge in [-0.1, -0.05) is 30.8 Å². The predicted octanol–water partition coefficient (Wildman–Crippen LogP) is 3.14. The molecule has 98 valence electrons. The van der Waals surface area contributed by atoms with Crippen molar-refractivity contribution in [1.29, 1.82) is 5.26 Å². The number of nitriles is 1. The lowest BCUT2D eigenvalue weighted by Crippen LogP contribution is -2.01. The Labute approximate surface area is 120 Å². The molecule has 0 fully saturated rings. The molecule has 0 radical (unpaired) electrons. The average molecular weight is 291 g/mol. The van der Waals surface area contributed by atoms with Gasteiger partial charge in [0.2, 0.25) is 0 Å². The summed E-state index contributed by atoms with van der Waals surface area (Å²) in [6.07, 6.45) is 0.864. The molecule has 0 aliphatic heterocycles. The molecular weight excluding hydrogens is 278 g/mol. The molecule has 1 aromatic carbocycles. The quantitative estimate of drug-likeness (QED) is 0.604. The third kappa shape index (κ3) is 3.94. The third-order valence-corrected chi connectivity index (χ3v) is 4.18. The van der Waals surface area contributed by atoms with E-state index in [1.165, 1.54) is 11.5 Å². The molecule has 0 unspecified atom stereocenters. The highest BCUT2D eigenvalue weighted by Crippen LogP contribution is 2.21. The molecule has 0 spiro atoms. The summed E-state index contributed by atoms with van der Waals surface area (Å²) in [4.78, 5) is 4.37. The van der Waals surface area contributed by atoms with Crippen LogP contribution in [0.2, 0.25) is 0 Å². The van der Waals surface area contributed by atoms with Crippen LogP contribution in [0, 0.1) is 11.3 Å². The van der Waals surface area contributed by atoms with Crippen molar-refractivity contribution in [3.05, 3.63) is 35.7 Å². The number of aryl methyl sites for hydroxylation is 1. The molecule has 0 bridgehead atoms. The Hall–Kier alpha value is -1.58. The zero-order chi connectivity index (χ0) is 13.5. The van der Waals surface area contributed by atoms with Gasteiger partial charge in [0.05, 0.1) is 12.2 Å². The van der Waals surface area contributed by atoms with Crippen molar-refractivity contribution in [2.24, 2.45) is 0 Å². The summed E-state index contributed by atoms with van der Waals surface area (Å²) in [5, 5.41) is 8.93. The number of benzene rings is 1. The van der Waals surface area contributed by atoms with E-state index in [1.54, 1.807) is 17.8 Å². The van der Waals surface area contributed by atoms with Crippen molar-refractivity contribution < 1.29 is 4.74 Å². The Kier molecular flexibility index (Phi) is 5.19. The van der Waals surface area contributed by atoms with E-state index < -0.39 is 0 Å². The Morgan fingerprint density at radius 2 is 2.26 bits per heavy atom. The van der Waals surface area contributed by atoms with Gasteiger partial charge in [-0.15, -0.1) is 0 Å². The lowest BCUT2D eigenvalue weighted by atomic mass is 10.2. The van der Waals surface area contributed by atoms with Crippen molar-refractivity contribution in [2.75, 3.05) is 12.4 Å². The highest BCUT2D eigenvalue weighted by atomic mass is 32.2. The predicted molar refractivity (Wildman–Crippen MR) is 76.7 cm³/mol. The van der Waals surface area contributed by atoms with E-state index >= 15 is 0 Å². The summed E-state index contributed by atoms with van der Waals surface area (Å²) in [7, 11) is 0. The monoisotopic (exact) mass is 291 g/mol. The molecule has 2 aromatic rings. The van der Waals surface area contributed by atoms with Gasteiger partial charge in [-0.25, -0.2) is 4.98 Å². The van der Waals surface area contributed by atoms with Gasteiger partial charge in [-0.05, 0) is 23.7 Å². The Morgan fingerprint density at radius 1 is 1.42 bits per heavy atom. The van der Waals surface area contributed by atoms with Gasteiger partial charge in [-0.3, -0.25) is 0 Å². The molecule has 0 amide bonds. The standard InChI is InChI=1S/C13H13N3OS2/c1-2-12-15-13(19-16-12)18-8-7-17-11-6-4-3-5-10(11)9-14/h3-6H,2,7-8H2,1H3. The molecule has 0 saturated carbocycles. The van der Waals surface area contributed by atoms with E-state index in [4.69, 9.17) is 10.00 Å². The fourth-order valence-electron chi connectivity index (χ4n) is 1.41. The maximum atomic E-state index is 8.93. The second-order valence-corrected chi connectivity index (χ2v) is 5.73. The normalized spacial score (nSPS) is 10.1.